The SMILES string of the molecule is O=C(Cc1ccc(OC2CCCCC2)cc1)C1CCC1. The van der Waals surface area contributed by atoms with E-state index in [1.807, 2.05) is 12.1 Å². The van der Waals surface area contributed by atoms with Gasteiger partial charge in [-0.1, -0.05) is 25.0 Å². The number of benzene rings is 1. The lowest BCUT2D eigenvalue weighted by Gasteiger charge is -2.24. The molecule has 1 aromatic carbocycles. The maximum Gasteiger partial charge on any atom is 0.140 e. The molecule has 0 heterocycles. The van der Waals surface area contributed by atoms with Crippen LogP contribution in [0.5, 0.6) is 5.75 Å². The monoisotopic (exact) mass is 272 g/mol. The molecule has 108 valence electrons. The number of rotatable bonds is 5. The quantitative estimate of drug-likeness (QED) is 0.798. The van der Waals surface area contributed by atoms with Gasteiger partial charge < -0.3 is 4.74 Å². The summed E-state index contributed by atoms with van der Waals surface area (Å²) in [6, 6.07) is 8.15. The maximum atomic E-state index is 12.0. The molecule has 0 radical (unpaired) electrons. The fraction of sp³-hybridized carbons (Fsp3) is 0.611. The van der Waals surface area contributed by atoms with Crippen LogP contribution in [0.1, 0.15) is 56.9 Å². The fourth-order valence-corrected chi connectivity index (χ4v) is 3.14. The van der Waals surface area contributed by atoms with Crippen molar-refractivity contribution in [2.45, 2.75) is 63.9 Å². The number of hydrogen-bond donors (Lipinski definition) is 0. The second kappa shape index (κ2) is 6.43. The van der Waals surface area contributed by atoms with E-state index in [1.165, 1.54) is 38.5 Å². The van der Waals surface area contributed by atoms with E-state index in [0.29, 0.717) is 24.2 Å². The lowest BCUT2D eigenvalue weighted by atomic mass is 9.80. The van der Waals surface area contributed by atoms with Crippen LogP contribution in [0.3, 0.4) is 0 Å². The van der Waals surface area contributed by atoms with E-state index >= 15 is 0 Å². The van der Waals surface area contributed by atoms with Gasteiger partial charge in [-0.05, 0) is 56.2 Å². The van der Waals surface area contributed by atoms with Gasteiger partial charge in [0.05, 0.1) is 6.10 Å². The number of carbonyl (C=O) groups excluding carboxylic acids is 1. The van der Waals surface area contributed by atoms with Gasteiger partial charge in [0.1, 0.15) is 11.5 Å². The minimum absolute atomic E-state index is 0.341. The molecule has 0 amide bonds. The van der Waals surface area contributed by atoms with Crippen LogP contribution in [-0.4, -0.2) is 11.9 Å². The van der Waals surface area contributed by atoms with Crippen LogP contribution in [-0.2, 0) is 11.2 Å². The zero-order valence-electron chi connectivity index (χ0n) is 12.1. The van der Waals surface area contributed by atoms with Crippen molar-refractivity contribution in [2.75, 3.05) is 0 Å². The van der Waals surface area contributed by atoms with E-state index in [9.17, 15) is 4.79 Å². The first-order chi connectivity index (χ1) is 9.81. The molecule has 2 aliphatic carbocycles. The van der Waals surface area contributed by atoms with Crippen LogP contribution >= 0.6 is 0 Å². The summed E-state index contributed by atoms with van der Waals surface area (Å²) in [5.74, 6) is 1.71. The van der Waals surface area contributed by atoms with Gasteiger partial charge in [-0.25, -0.2) is 0 Å². The highest BCUT2D eigenvalue weighted by Gasteiger charge is 2.24. The summed E-state index contributed by atoms with van der Waals surface area (Å²) < 4.78 is 6.01. The predicted molar refractivity (Wildman–Crippen MR) is 80.0 cm³/mol. The van der Waals surface area contributed by atoms with Crippen molar-refractivity contribution in [2.24, 2.45) is 5.92 Å². The standard InChI is InChI=1S/C18H24O2/c19-18(15-5-4-6-15)13-14-9-11-17(12-10-14)20-16-7-2-1-3-8-16/h9-12,15-16H,1-8,13H2. The van der Waals surface area contributed by atoms with Crippen molar-refractivity contribution in [1.29, 1.82) is 0 Å². The van der Waals surface area contributed by atoms with Crippen molar-refractivity contribution in [3.05, 3.63) is 29.8 Å². The number of hydrogen-bond acceptors (Lipinski definition) is 2. The molecule has 0 aliphatic heterocycles. The molecule has 0 unspecified atom stereocenters. The van der Waals surface area contributed by atoms with Gasteiger partial charge in [-0.15, -0.1) is 0 Å². The topological polar surface area (TPSA) is 26.3 Å². The summed E-state index contributed by atoms with van der Waals surface area (Å²) in [4.78, 5) is 12.0. The first kappa shape index (κ1) is 13.7. The largest absolute Gasteiger partial charge is 0.490 e. The highest BCUT2D eigenvalue weighted by Crippen LogP contribution is 2.28. The van der Waals surface area contributed by atoms with E-state index in [0.717, 1.165) is 24.2 Å². The van der Waals surface area contributed by atoms with E-state index in [1.54, 1.807) is 0 Å². The third kappa shape index (κ3) is 3.41. The Hall–Kier alpha value is -1.31. The van der Waals surface area contributed by atoms with Crippen LogP contribution in [0, 0.1) is 5.92 Å². The van der Waals surface area contributed by atoms with Crippen molar-refractivity contribution >= 4 is 5.78 Å². The second-order valence-corrected chi connectivity index (χ2v) is 6.29. The zero-order valence-corrected chi connectivity index (χ0v) is 12.1. The van der Waals surface area contributed by atoms with Crippen molar-refractivity contribution < 1.29 is 9.53 Å². The second-order valence-electron chi connectivity index (χ2n) is 6.29. The number of ether oxygens (including phenoxy) is 1. The normalized spacial score (nSPS) is 20.4. The lowest BCUT2D eigenvalue weighted by molar-refractivity contribution is -0.124. The third-order valence-corrected chi connectivity index (χ3v) is 4.72. The van der Waals surface area contributed by atoms with Gasteiger partial charge in [-0.3, -0.25) is 4.79 Å². The first-order valence-electron chi connectivity index (χ1n) is 8.09. The Bertz CT molecular complexity index is 439. The van der Waals surface area contributed by atoms with Gasteiger partial charge in [0, 0.05) is 12.3 Å². The molecule has 3 rings (SSSR count). The molecule has 0 aromatic heterocycles. The van der Waals surface area contributed by atoms with Crippen molar-refractivity contribution in [3.8, 4) is 5.75 Å². The number of Topliss-reactive ketones (excluding diaryl/α,β-unsaturated/α-hetero) is 1. The molecule has 0 atom stereocenters. The van der Waals surface area contributed by atoms with Gasteiger partial charge in [0.25, 0.3) is 0 Å². The number of carbonyl (C=O) groups is 1. The summed E-state index contributed by atoms with van der Waals surface area (Å²) >= 11 is 0. The third-order valence-electron chi connectivity index (χ3n) is 4.72. The summed E-state index contributed by atoms with van der Waals surface area (Å²) in [6.45, 7) is 0. The number of ketones is 1. The van der Waals surface area contributed by atoms with Gasteiger partial charge in [0.2, 0.25) is 0 Å². The van der Waals surface area contributed by atoms with E-state index in [2.05, 4.69) is 12.1 Å². The molecule has 0 saturated heterocycles. The summed E-state index contributed by atoms with van der Waals surface area (Å²) in [6.07, 6.45) is 10.7. The van der Waals surface area contributed by atoms with Crippen LogP contribution in [0.4, 0.5) is 0 Å². The maximum absolute atomic E-state index is 12.0. The van der Waals surface area contributed by atoms with E-state index < -0.39 is 0 Å². The highest BCUT2D eigenvalue weighted by molar-refractivity contribution is 5.83. The van der Waals surface area contributed by atoms with Crippen molar-refractivity contribution in [3.63, 3.8) is 0 Å². The Morgan fingerprint density at radius 2 is 1.65 bits per heavy atom. The van der Waals surface area contributed by atoms with Crippen LogP contribution < -0.4 is 4.74 Å². The van der Waals surface area contributed by atoms with Crippen molar-refractivity contribution in [1.82, 2.24) is 0 Å². The lowest BCUT2D eigenvalue weighted by Crippen LogP contribution is -2.23. The van der Waals surface area contributed by atoms with Crippen LogP contribution in [0.25, 0.3) is 0 Å². The molecule has 2 fully saturated rings. The molecule has 2 saturated carbocycles. The zero-order chi connectivity index (χ0) is 13.8. The Labute approximate surface area is 121 Å². The minimum Gasteiger partial charge on any atom is -0.490 e. The van der Waals surface area contributed by atoms with Gasteiger partial charge >= 0.3 is 0 Å². The molecule has 2 aliphatic rings. The molecule has 2 heteroatoms. The van der Waals surface area contributed by atoms with Gasteiger partial charge in [-0.2, -0.15) is 0 Å². The summed E-state index contributed by atoms with van der Waals surface area (Å²) in [5.41, 5.74) is 1.12. The molecule has 0 bridgehead atoms. The molecule has 0 N–H and O–H groups in total. The molecular formula is C18H24O2. The van der Waals surface area contributed by atoms with E-state index in [-0.39, 0.29) is 0 Å². The average molecular weight is 272 g/mol. The Kier molecular flexibility index (Phi) is 4.39. The Morgan fingerprint density at radius 3 is 2.25 bits per heavy atom. The molecule has 2 nitrogen and oxygen atoms in total. The molecule has 20 heavy (non-hydrogen) atoms. The summed E-state index contributed by atoms with van der Waals surface area (Å²) in [5, 5.41) is 0. The highest BCUT2D eigenvalue weighted by atomic mass is 16.5. The Morgan fingerprint density at radius 1 is 0.950 bits per heavy atom. The average Bonchev–Trinajstić information content (AvgIpc) is 2.40. The molecule has 0 spiro atoms. The first-order valence-corrected chi connectivity index (χ1v) is 8.09. The minimum atomic E-state index is 0.341. The van der Waals surface area contributed by atoms with Crippen LogP contribution in [0.2, 0.25) is 0 Å². The Balaban J connectivity index is 1.52. The van der Waals surface area contributed by atoms with Crippen LogP contribution in [0.15, 0.2) is 24.3 Å². The van der Waals surface area contributed by atoms with E-state index in [4.69, 9.17) is 4.74 Å². The smallest absolute Gasteiger partial charge is 0.140 e. The molecule has 1 aromatic rings. The van der Waals surface area contributed by atoms with Gasteiger partial charge in [0.15, 0.2) is 0 Å². The predicted octanol–water partition coefficient (Wildman–Crippen LogP) is 4.31. The fourth-order valence-electron chi connectivity index (χ4n) is 3.14. The summed E-state index contributed by atoms with van der Waals surface area (Å²) in [7, 11) is 0. The molecular weight excluding hydrogens is 248 g/mol.